The number of hydrogen-bond donors (Lipinski definition) is 2. The summed E-state index contributed by atoms with van der Waals surface area (Å²) in [4.78, 5) is 12.7. The Morgan fingerprint density at radius 3 is 2.53 bits per heavy atom. The van der Waals surface area contributed by atoms with Gasteiger partial charge in [0, 0.05) is 41.9 Å². The molecule has 0 fully saturated rings. The van der Waals surface area contributed by atoms with Crippen molar-refractivity contribution >= 4 is 22.5 Å². The number of benzene rings is 3. The summed E-state index contributed by atoms with van der Waals surface area (Å²) >= 11 is 0. The SMILES string of the molecule is Cn1cc(CNCCc2ccccc2)c2cc(C(=O)Nc3ccc(F)cc3)ccc21. The van der Waals surface area contributed by atoms with Crippen molar-refractivity contribution in [2.24, 2.45) is 7.05 Å². The van der Waals surface area contributed by atoms with Crippen molar-refractivity contribution in [3.8, 4) is 0 Å². The summed E-state index contributed by atoms with van der Waals surface area (Å²) in [5.74, 6) is -0.543. The Morgan fingerprint density at radius 1 is 1.00 bits per heavy atom. The molecule has 5 heteroatoms. The van der Waals surface area contributed by atoms with Crippen LogP contribution in [0.15, 0.2) is 79.0 Å². The largest absolute Gasteiger partial charge is 0.350 e. The third kappa shape index (κ3) is 4.58. The average molecular weight is 401 g/mol. The number of amides is 1. The number of halogens is 1. The minimum atomic E-state index is -0.330. The van der Waals surface area contributed by atoms with Gasteiger partial charge < -0.3 is 15.2 Å². The Labute approximate surface area is 175 Å². The minimum absolute atomic E-state index is 0.213. The molecule has 1 heterocycles. The van der Waals surface area contributed by atoms with E-state index >= 15 is 0 Å². The molecule has 3 aromatic carbocycles. The highest BCUT2D eigenvalue weighted by Crippen LogP contribution is 2.23. The maximum atomic E-state index is 13.1. The van der Waals surface area contributed by atoms with Crippen LogP contribution in [0.4, 0.5) is 10.1 Å². The van der Waals surface area contributed by atoms with Gasteiger partial charge in [-0.15, -0.1) is 0 Å². The molecule has 0 aliphatic heterocycles. The molecule has 0 aliphatic rings. The van der Waals surface area contributed by atoms with Crippen LogP contribution >= 0.6 is 0 Å². The normalized spacial score (nSPS) is 11.0. The molecule has 0 unspecified atom stereocenters. The lowest BCUT2D eigenvalue weighted by Crippen LogP contribution is -2.16. The Balaban J connectivity index is 1.46. The van der Waals surface area contributed by atoms with Crippen LogP contribution in [0.25, 0.3) is 10.9 Å². The Kier molecular flexibility index (Phi) is 5.91. The summed E-state index contributed by atoms with van der Waals surface area (Å²) in [6.45, 7) is 1.61. The molecule has 0 radical (unpaired) electrons. The van der Waals surface area contributed by atoms with E-state index in [1.54, 1.807) is 12.1 Å². The first-order chi connectivity index (χ1) is 14.6. The van der Waals surface area contributed by atoms with E-state index in [4.69, 9.17) is 0 Å². The van der Waals surface area contributed by atoms with E-state index < -0.39 is 0 Å². The molecule has 0 bridgehead atoms. The summed E-state index contributed by atoms with van der Waals surface area (Å²) in [6.07, 6.45) is 3.07. The lowest BCUT2D eigenvalue weighted by molar-refractivity contribution is 0.102. The van der Waals surface area contributed by atoms with Crippen LogP contribution in [-0.4, -0.2) is 17.0 Å². The number of rotatable bonds is 7. The number of carbonyl (C=O) groups excluding carboxylic acids is 1. The highest BCUT2D eigenvalue weighted by Gasteiger charge is 2.12. The predicted molar refractivity (Wildman–Crippen MR) is 119 cm³/mol. The van der Waals surface area contributed by atoms with Crippen molar-refractivity contribution in [1.82, 2.24) is 9.88 Å². The van der Waals surface area contributed by atoms with Gasteiger partial charge in [0.15, 0.2) is 0 Å². The van der Waals surface area contributed by atoms with Gasteiger partial charge in [-0.25, -0.2) is 4.39 Å². The molecule has 1 aromatic heterocycles. The van der Waals surface area contributed by atoms with Crippen LogP contribution in [0.5, 0.6) is 0 Å². The van der Waals surface area contributed by atoms with E-state index in [2.05, 4.69) is 45.7 Å². The van der Waals surface area contributed by atoms with Gasteiger partial charge in [0.1, 0.15) is 5.82 Å². The second kappa shape index (κ2) is 8.93. The molecule has 4 rings (SSSR count). The summed E-state index contributed by atoms with van der Waals surface area (Å²) in [5, 5.41) is 7.37. The van der Waals surface area contributed by atoms with Crippen LogP contribution < -0.4 is 10.6 Å². The molecule has 30 heavy (non-hydrogen) atoms. The van der Waals surface area contributed by atoms with Crippen molar-refractivity contribution in [2.75, 3.05) is 11.9 Å². The second-order valence-electron chi connectivity index (χ2n) is 7.37. The van der Waals surface area contributed by atoms with Crippen LogP contribution in [0, 0.1) is 5.82 Å². The zero-order valence-corrected chi connectivity index (χ0v) is 16.9. The molecule has 152 valence electrons. The fourth-order valence-corrected chi connectivity index (χ4v) is 3.59. The third-order valence-electron chi connectivity index (χ3n) is 5.18. The molecular formula is C25H24FN3O. The van der Waals surface area contributed by atoms with E-state index in [1.807, 2.05) is 31.3 Å². The second-order valence-corrected chi connectivity index (χ2v) is 7.37. The van der Waals surface area contributed by atoms with Gasteiger partial charge in [-0.2, -0.15) is 0 Å². The molecule has 0 atom stereocenters. The van der Waals surface area contributed by atoms with Crippen LogP contribution in [0.1, 0.15) is 21.5 Å². The molecule has 4 aromatic rings. The number of carbonyl (C=O) groups is 1. The number of hydrogen-bond acceptors (Lipinski definition) is 2. The first kappa shape index (κ1) is 19.9. The number of nitrogens with one attached hydrogen (secondary N) is 2. The zero-order chi connectivity index (χ0) is 20.9. The smallest absolute Gasteiger partial charge is 0.255 e. The van der Waals surface area contributed by atoms with E-state index in [1.165, 1.54) is 17.7 Å². The maximum Gasteiger partial charge on any atom is 0.255 e. The first-order valence-electron chi connectivity index (χ1n) is 10.00. The predicted octanol–water partition coefficient (Wildman–Crippen LogP) is 4.90. The average Bonchev–Trinajstić information content (AvgIpc) is 3.08. The summed E-state index contributed by atoms with van der Waals surface area (Å²) in [5.41, 5.74) is 4.67. The highest BCUT2D eigenvalue weighted by molar-refractivity contribution is 6.06. The minimum Gasteiger partial charge on any atom is -0.350 e. The van der Waals surface area contributed by atoms with E-state index in [9.17, 15) is 9.18 Å². The number of nitrogens with zero attached hydrogens (tertiary/aromatic N) is 1. The van der Waals surface area contributed by atoms with Gasteiger partial charge in [-0.05, 0) is 66.6 Å². The zero-order valence-electron chi connectivity index (χ0n) is 16.9. The third-order valence-corrected chi connectivity index (χ3v) is 5.18. The fourth-order valence-electron chi connectivity index (χ4n) is 3.59. The van der Waals surface area contributed by atoms with E-state index in [-0.39, 0.29) is 11.7 Å². The molecule has 0 saturated heterocycles. The Hall–Kier alpha value is -3.44. The first-order valence-corrected chi connectivity index (χ1v) is 10.00. The van der Waals surface area contributed by atoms with Gasteiger partial charge in [0.05, 0.1) is 0 Å². The molecule has 4 nitrogen and oxygen atoms in total. The van der Waals surface area contributed by atoms with Crippen molar-refractivity contribution in [3.63, 3.8) is 0 Å². The molecule has 0 saturated carbocycles. The van der Waals surface area contributed by atoms with Gasteiger partial charge in [0.2, 0.25) is 0 Å². The van der Waals surface area contributed by atoms with Crippen molar-refractivity contribution < 1.29 is 9.18 Å². The van der Waals surface area contributed by atoms with Gasteiger partial charge in [-0.3, -0.25) is 4.79 Å². The quantitative estimate of drug-likeness (QED) is 0.433. The molecule has 0 aliphatic carbocycles. The number of fused-ring (bicyclic) bond motifs is 1. The number of anilines is 1. The maximum absolute atomic E-state index is 13.1. The lowest BCUT2D eigenvalue weighted by Gasteiger charge is -2.07. The Bertz CT molecular complexity index is 1150. The number of aryl methyl sites for hydroxylation is 1. The van der Waals surface area contributed by atoms with Crippen molar-refractivity contribution in [1.29, 1.82) is 0 Å². The monoisotopic (exact) mass is 401 g/mol. The summed E-state index contributed by atoms with van der Waals surface area (Å²) in [7, 11) is 2.01. The van der Waals surface area contributed by atoms with Gasteiger partial charge in [0.25, 0.3) is 5.91 Å². The lowest BCUT2D eigenvalue weighted by atomic mass is 10.1. The molecule has 0 spiro atoms. The number of aromatic nitrogens is 1. The van der Waals surface area contributed by atoms with E-state index in [0.29, 0.717) is 11.3 Å². The fraction of sp³-hybridized carbons (Fsp3) is 0.160. The molecule has 1 amide bonds. The standard InChI is InChI=1S/C25H24FN3O/c1-29-17-20(16-27-14-13-18-5-3-2-4-6-18)23-15-19(7-12-24(23)29)25(30)28-22-10-8-21(26)9-11-22/h2-12,15,17,27H,13-14,16H2,1H3,(H,28,30). The topological polar surface area (TPSA) is 46.1 Å². The van der Waals surface area contributed by atoms with Crippen molar-refractivity contribution in [3.05, 3.63) is 102 Å². The van der Waals surface area contributed by atoms with E-state index in [0.717, 1.165) is 36.0 Å². The summed E-state index contributed by atoms with van der Waals surface area (Å²) in [6, 6.07) is 21.8. The summed E-state index contributed by atoms with van der Waals surface area (Å²) < 4.78 is 15.1. The van der Waals surface area contributed by atoms with Crippen LogP contribution in [0.3, 0.4) is 0 Å². The van der Waals surface area contributed by atoms with Gasteiger partial charge in [-0.1, -0.05) is 30.3 Å². The van der Waals surface area contributed by atoms with Crippen LogP contribution in [0.2, 0.25) is 0 Å². The molecular weight excluding hydrogens is 377 g/mol. The molecule has 2 N–H and O–H groups in total. The van der Waals surface area contributed by atoms with Crippen LogP contribution in [-0.2, 0) is 20.0 Å². The highest BCUT2D eigenvalue weighted by atomic mass is 19.1. The Morgan fingerprint density at radius 2 is 1.77 bits per heavy atom. The van der Waals surface area contributed by atoms with Crippen molar-refractivity contribution in [2.45, 2.75) is 13.0 Å². The van der Waals surface area contributed by atoms with Gasteiger partial charge >= 0.3 is 0 Å².